The summed E-state index contributed by atoms with van der Waals surface area (Å²) in [6, 6.07) is 12.1. The van der Waals surface area contributed by atoms with Gasteiger partial charge >= 0.3 is 11.7 Å². The number of aromatic nitrogens is 3. The molecule has 0 fully saturated rings. The van der Waals surface area contributed by atoms with E-state index in [0.29, 0.717) is 17.2 Å². The van der Waals surface area contributed by atoms with Crippen LogP contribution in [0.1, 0.15) is 60.4 Å². The molecule has 0 amide bonds. The van der Waals surface area contributed by atoms with Crippen LogP contribution >= 0.6 is 11.3 Å². The Morgan fingerprint density at radius 2 is 1.83 bits per heavy atom. The number of hydrogen-bond donors (Lipinski definition) is 2. The lowest BCUT2D eigenvalue weighted by Crippen LogP contribution is -2.33. The minimum atomic E-state index is -1.13. The average molecular weight is 502 g/mol. The first-order valence-corrected chi connectivity index (χ1v) is 12.1. The molecule has 0 bridgehead atoms. The molecule has 2 heterocycles. The predicted octanol–water partition coefficient (Wildman–Crippen LogP) is 3.86. The Kier molecular flexibility index (Phi) is 6.26. The Bertz CT molecular complexity index is 1630. The highest BCUT2D eigenvalue weighted by Gasteiger charge is 2.27. The minimum absolute atomic E-state index is 0.0475. The van der Waals surface area contributed by atoms with Crippen LogP contribution in [-0.2, 0) is 17.9 Å². The van der Waals surface area contributed by atoms with Gasteiger partial charge in [0.15, 0.2) is 5.69 Å². The number of methoxy groups -OCH3 is 1. The van der Waals surface area contributed by atoms with Crippen molar-refractivity contribution in [2.24, 2.45) is 0 Å². The van der Waals surface area contributed by atoms with E-state index in [1.807, 2.05) is 49.4 Å². The molecule has 1 atom stereocenters. The van der Waals surface area contributed by atoms with E-state index in [1.165, 1.54) is 9.95 Å². The number of nitrogens with zero attached hydrogens (tertiary/aromatic N) is 2. The molecule has 182 valence electrons. The van der Waals surface area contributed by atoms with E-state index in [-0.39, 0.29) is 12.2 Å². The summed E-state index contributed by atoms with van der Waals surface area (Å²) < 4.78 is 6.67. The van der Waals surface area contributed by atoms with E-state index in [0.717, 1.165) is 44.7 Å². The maximum atomic E-state index is 13.2. The van der Waals surface area contributed by atoms with Crippen molar-refractivity contribution in [3.8, 4) is 0 Å². The van der Waals surface area contributed by atoms with Gasteiger partial charge in [-0.05, 0) is 40.8 Å². The summed E-state index contributed by atoms with van der Waals surface area (Å²) in [6.45, 7) is 2.53. The summed E-state index contributed by atoms with van der Waals surface area (Å²) in [4.78, 5) is 43.6. The second-order valence-electron chi connectivity index (χ2n) is 8.70. The Labute approximate surface area is 210 Å². The molecule has 2 aromatic carbocycles. The van der Waals surface area contributed by atoms with Gasteiger partial charge in [-0.2, -0.15) is 0 Å². The van der Waals surface area contributed by atoms with Crippen LogP contribution in [0, 0.1) is 6.92 Å². The van der Waals surface area contributed by atoms with Crippen LogP contribution in [0.25, 0.3) is 12.2 Å². The highest BCUT2D eigenvalue weighted by Crippen LogP contribution is 2.38. The second kappa shape index (κ2) is 9.52. The summed E-state index contributed by atoms with van der Waals surface area (Å²) >= 11 is 1.15. The van der Waals surface area contributed by atoms with Crippen molar-refractivity contribution in [1.82, 2.24) is 14.5 Å². The Morgan fingerprint density at radius 3 is 2.53 bits per heavy atom. The maximum Gasteiger partial charge on any atom is 0.355 e. The van der Waals surface area contributed by atoms with Gasteiger partial charge in [0.2, 0.25) is 0 Å². The number of thiazole rings is 1. The van der Waals surface area contributed by atoms with Crippen molar-refractivity contribution in [1.29, 1.82) is 0 Å². The van der Waals surface area contributed by atoms with Gasteiger partial charge < -0.3 is 9.84 Å². The number of carboxylic acids is 1. The van der Waals surface area contributed by atoms with Gasteiger partial charge in [-0.3, -0.25) is 14.3 Å². The fourth-order valence-corrected chi connectivity index (χ4v) is 5.31. The molecule has 0 saturated heterocycles. The van der Waals surface area contributed by atoms with Gasteiger partial charge in [0, 0.05) is 30.2 Å². The quantitative estimate of drug-likeness (QED) is 0.365. The summed E-state index contributed by atoms with van der Waals surface area (Å²) in [5.74, 6) is -1.56. The van der Waals surface area contributed by atoms with E-state index in [2.05, 4.69) is 16.0 Å². The number of aryl methyl sites for hydroxylation is 1. The zero-order valence-electron chi connectivity index (χ0n) is 19.6. The summed E-state index contributed by atoms with van der Waals surface area (Å²) in [5, 5.41) is 11.1. The first-order valence-electron chi connectivity index (χ1n) is 11.3. The molecule has 0 spiro atoms. The fourth-order valence-electron chi connectivity index (χ4n) is 4.55. The second-order valence-corrected chi connectivity index (χ2v) is 9.64. The van der Waals surface area contributed by atoms with Crippen LogP contribution in [0.15, 0.2) is 57.6 Å². The molecule has 4 aromatic rings. The van der Waals surface area contributed by atoms with E-state index >= 15 is 0 Å². The Morgan fingerprint density at radius 1 is 1.11 bits per heavy atom. The van der Waals surface area contributed by atoms with E-state index in [9.17, 15) is 14.4 Å². The molecule has 8 nitrogen and oxygen atoms in total. The number of H-pyrrole nitrogens is 1. The first-order chi connectivity index (χ1) is 17.3. The zero-order valence-corrected chi connectivity index (χ0v) is 20.5. The lowest BCUT2D eigenvalue weighted by atomic mass is 9.82. The van der Waals surface area contributed by atoms with Crippen LogP contribution < -0.4 is 11.2 Å². The van der Waals surface area contributed by atoms with E-state index < -0.39 is 23.1 Å². The largest absolute Gasteiger partial charge is 0.476 e. The monoisotopic (exact) mass is 501 g/mol. The molecule has 5 rings (SSSR count). The molecule has 2 aromatic heterocycles. The number of aromatic carboxylic acids is 1. The van der Waals surface area contributed by atoms with Crippen molar-refractivity contribution < 1.29 is 14.6 Å². The van der Waals surface area contributed by atoms with E-state index in [4.69, 9.17) is 9.84 Å². The number of nitrogens with one attached hydrogen (secondary N) is 1. The normalized spacial score (nSPS) is 14.2. The standard InChI is InChI=1S/C27H23N3O5S/c1-15-3-7-19-17(9-15)5-6-18-10-16(13-35-2)4-8-20(18)24(19)21-11-30(27(34)29-25(21)31)12-23-28-22(14-36-23)26(32)33/h3-11,14,24H,12-13H2,1-2H3,(H,32,33)(H,29,31,34). The highest BCUT2D eigenvalue weighted by atomic mass is 32.1. The first kappa shape index (κ1) is 23.7. The number of hydrogen-bond acceptors (Lipinski definition) is 6. The van der Waals surface area contributed by atoms with Crippen LogP contribution in [0.5, 0.6) is 0 Å². The third kappa shape index (κ3) is 4.46. The molecular weight excluding hydrogens is 478 g/mol. The van der Waals surface area contributed by atoms with Crippen LogP contribution in [0.3, 0.4) is 0 Å². The fraction of sp³-hybridized carbons (Fsp3) is 0.185. The van der Waals surface area contributed by atoms with Gasteiger partial charge in [0.05, 0.1) is 13.2 Å². The van der Waals surface area contributed by atoms with Crippen molar-refractivity contribution >= 4 is 29.5 Å². The number of benzene rings is 2. The van der Waals surface area contributed by atoms with Gasteiger partial charge in [-0.15, -0.1) is 11.3 Å². The Balaban J connectivity index is 1.68. The molecule has 2 N–H and O–H groups in total. The van der Waals surface area contributed by atoms with Gasteiger partial charge in [0.25, 0.3) is 5.56 Å². The minimum Gasteiger partial charge on any atom is -0.476 e. The smallest absolute Gasteiger partial charge is 0.355 e. The average Bonchev–Trinajstić information content (AvgIpc) is 3.25. The van der Waals surface area contributed by atoms with Crippen LogP contribution in [-0.4, -0.2) is 32.7 Å². The third-order valence-electron chi connectivity index (χ3n) is 6.19. The predicted molar refractivity (Wildman–Crippen MR) is 138 cm³/mol. The molecule has 0 radical (unpaired) electrons. The summed E-state index contributed by atoms with van der Waals surface area (Å²) in [6.07, 6.45) is 5.65. The van der Waals surface area contributed by atoms with Crippen molar-refractivity contribution in [2.75, 3.05) is 7.11 Å². The molecule has 1 aliphatic rings. The number of carbonyl (C=O) groups is 1. The third-order valence-corrected chi connectivity index (χ3v) is 7.03. The van der Waals surface area contributed by atoms with Crippen LogP contribution in [0.4, 0.5) is 0 Å². The number of rotatable bonds is 6. The summed E-state index contributed by atoms with van der Waals surface area (Å²) in [5.41, 5.74) is 5.25. The number of ether oxygens (including phenoxy) is 1. The topological polar surface area (TPSA) is 114 Å². The van der Waals surface area contributed by atoms with Crippen LogP contribution in [0.2, 0.25) is 0 Å². The highest BCUT2D eigenvalue weighted by molar-refractivity contribution is 7.09. The number of fused-ring (bicyclic) bond motifs is 2. The number of carboxylic acid groups (broad SMARTS) is 1. The lowest BCUT2D eigenvalue weighted by Gasteiger charge is -2.22. The van der Waals surface area contributed by atoms with E-state index in [1.54, 1.807) is 13.3 Å². The lowest BCUT2D eigenvalue weighted by molar-refractivity contribution is 0.0691. The van der Waals surface area contributed by atoms with Gasteiger partial charge in [-0.25, -0.2) is 14.6 Å². The molecule has 36 heavy (non-hydrogen) atoms. The zero-order chi connectivity index (χ0) is 25.4. The maximum absolute atomic E-state index is 13.2. The van der Waals surface area contributed by atoms with Crippen molar-refractivity contribution in [3.63, 3.8) is 0 Å². The summed E-state index contributed by atoms with van der Waals surface area (Å²) in [7, 11) is 1.65. The molecule has 1 unspecified atom stereocenters. The molecule has 9 heteroatoms. The SMILES string of the molecule is COCc1ccc2c(c1)C=Cc1cc(C)ccc1C2c1cn(Cc2nc(C(=O)O)cs2)c(=O)[nH]c1=O. The molecule has 1 aliphatic carbocycles. The van der Waals surface area contributed by atoms with Gasteiger partial charge in [0.1, 0.15) is 5.01 Å². The number of aromatic amines is 1. The van der Waals surface area contributed by atoms with Crippen molar-refractivity contribution in [3.05, 3.63) is 118 Å². The molecule has 0 aliphatic heterocycles. The molecule has 0 saturated carbocycles. The Hall–Kier alpha value is -4.08. The van der Waals surface area contributed by atoms with Crippen molar-refractivity contribution in [2.45, 2.75) is 26.0 Å². The molecular formula is C27H23N3O5S. The van der Waals surface area contributed by atoms with Gasteiger partial charge in [-0.1, -0.05) is 48.0 Å².